The van der Waals surface area contributed by atoms with Crippen molar-refractivity contribution in [1.29, 1.82) is 0 Å². The van der Waals surface area contributed by atoms with E-state index in [4.69, 9.17) is 0 Å². The quantitative estimate of drug-likeness (QED) is 0.737. The van der Waals surface area contributed by atoms with Crippen LogP contribution in [0.2, 0.25) is 0 Å². The first-order valence-electron chi connectivity index (χ1n) is 5.75. The van der Waals surface area contributed by atoms with Crippen LogP contribution in [0.15, 0.2) is 4.99 Å². The SMILES string of the molecule is CCCC1C(=O)N=C(SCCN(C)C)NC1=O. The highest BCUT2D eigenvalue weighted by atomic mass is 32.2. The third-order valence-corrected chi connectivity index (χ3v) is 3.26. The minimum Gasteiger partial charge on any atom is -0.309 e. The number of carbonyl (C=O) groups is 2. The van der Waals surface area contributed by atoms with Gasteiger partial charge >= 0.3 is 0 Å². The van der Waals surface area contributed by atoms with E-state index in [2.05, 4.69) is 10.3 Å². The number of aliphatic imine (C=N–C) groups is 1. The number of amidine groups is 1. The maximum absolute atomic E-state index is 11.7. The molecule has 96 valence electrons. The highest BCUT2D eigenvalue weighted by molar-refractivity contribution is 8.13. The van der Waals surface area contributed by atoms with Gasteiger partial charge in [0.2, 0.25) is 5.91 Å². The normalized spacial score (nSPS) is 20.5. The summed E-state index contributed by atoms with van der Waals surface area (Å²) in [5.41, 5.74) is 0. The Morgan fingerprint density at radius 1 is 1.41 bits per heavy atom. The zero-order valence-electron chi connectivity index (χ0n) is 10.5. The summed E-state index contributed by atoms with van der Waals surface area (Å²) in [4.78, 5) is 29.3. The Morgan fingerprint density at radius 3 is 2.65 bits per heavy atom. The first kappa shape index (κ1) is 14.2. The standard InChI is InChI=1S/C11H19N3O2S/c1-4-5-8-9(15)12-11(13-10(8)16)17-7-6-14(2)3/h8H,4-7H2,1-3H3,(H,12,13,15,16). The van der Waals surface area contributed by atoms with Crippen molar-refractivity contribution in [3.63, 3.8) is 0 Å². The van der Waals surface area contributed by atoms with Crippen LogP contribution in [0, 0.1) is 5.92 Å². The van der Waals surface area contributed by atoms with Crippen molar-refractivity contribution in [1.82, 2.24) is 10.2 Å². The average molecular weight is 257 g/mol. The van der Waals surface area contributed by atoms with Crippen LogP contribution in [-0.2, 0) is 9.59 Å². The molecule has 1 atom stereocenters. The van der Waals surface area contributed by atoms with Gasteiger partial charge < -0.3 is 10.2 Å². The number of nitrogens with one attached hydrogen (secondary N) is 1. The lowest BCUT2D eigenvalue weighted by Gasteiger charge is -2.19. The molecule has 1 N–H and O–H groups in total. The number of amides is 2. The Balaban J connectivity index is 2.51. The van der Waals surface area contributed by atoms with E-state index in [1.54, 1.807) is 0 Å². The molecule has 0 aromatic rings. The number of carbonyl (C=O) groups excluding carboxylic acids is 2. The predicted octanol–water partition coefficient (Wildman–Crippen LogP) is 0.710. The van der Waals surface area contributed by atoms with E-state index in [1.165, 1.54) is 11.8 Å². The Kier molecular flexibility index (Phi) is 5.64. The van der Waals surface area contributed by atoms with Crippen LogP contribution in [-0.4, -0.2) is 48.3 Å². The molecule has 0 spiro atoms. The summed E-state index contributed by atoms with van der Waals surface area (Å²) in [6.07, 6.45) is 1.38. The van der Waals surface area contributed by atoms with Crippen LogP contribution in [0.1, 0.15) is 19.8 Å². The molecule has 17 heavy (non-hydrogen) atoms. The first-order chi connectivity index (χ1) is 8.04. The van der Waals surface area contributed by atoms with Crippen molar-refractivity contribution in [2.24, 2.45) is 10.9 Å². The third-order valence-electron chi connectivity index (χ3n) is 2.41. The van der Waals surface area contributed by atoms with Crippen LogP contribution >= 0.6 is 11.8 Å². The molecule has 2 amide bonds. The second kappa shape index (κ2) is 6.76. The maximum Gasteiger partial charge on any atom is 0.260 e. The van der Waals surface area contributed by atoms with Gasteiger partial charge in [-0.1, -0.05) is 25.1 Å². The molecule has 0 saturated carbocycles. The van der Waals surface area contributed by atoms with E-state index in [0.29, 0.717) is 11.6 Å². The van der Waals surface area contributed by atoms with Gasteiger partial charge in [0.1, 0.15) is 5.92 Å². The predicted molar refractivity (Wildman–Crippen MR) is 70.0 cm³/mol. The zero-order valence-corrected chi connectivity index (χ0v) is 11.3. The third kappa shape index (κ3) is 4.47. The van der Waals surface area contributed by atoms with Gasteiger partial charge in [-0.2, -0.15) is 4.99 Å². The Labute approximate surface area is 106 Å². The summed E-state index contributed by atoms with van der Waals surface area (Å²) in [7, 11) is 3.95. The number of rotatable bonds is 5. The molecule has 6 heteroatoms. The van der Waals surface area contributed by atoms with E-state index in [0.717, 1.165) is 18.7 Å². The largest absolute Gasteiger partial charge is 0.309 e. The smallest absolute Gasteiger partial charge is 0.260 e. The molecule has 5 nitrogen and oxygen atoms in total. The topological polar surface area (TPSA) is 61.8 Å². The van der Waals surface area contributed by atoms with Crippen LogP contribution in [0.25, 0.3) is 0 Å². The number of hydrogen-bond donors (Lipinski definition) is 1. The van der Waals surface area contributed by atoms with Gasteiger partial charge in [-0.3, -0.25) is 9.59 Å². The van der Waals surface area contributed by atoms with Crippen molar-refractivity contribution in [3.05, 3.63) is 0 Å². The van der Waals surface area contributed by atoms with Crippen molar-refractivity contribution in [2.75, 3.05) is 26.4 Å². The molecular weight excluding hydrogens is 238 g/mol. The lowest BCUT2D eigenvalue weighted by molar-refractivity contribution is -0.133. The molecule has 1 heterocycles. The summed E-state index contributed by atoms with van der Waals surface area (Å²) < 4.78 is 0. The van der Waals surface area contributed by atoms with E-state index in [-0.39, 0.29) is 11.8 Å². The molecule has 1 aliphatic rings. The van der Waals surface area contributed by atoms with Gasteiger partial charge in [-0.25, -0.2) is 0 Å². The molecule has 0 saturated heterocycles. The van der Waals surface area contributed by atoms with Crippen molar-refractivity contribution >= 4 is 28.7 Å². The van der Waals surface area contributed by atoms with Crippen LogP contribution in [0.5, 0.6) is 0 Å². The monoisotopic (exact) mass is 257 g/mol. The highest BCUT2D eigenvalue weighted by Gasteiger charge is 2.30. The Morgan fingerprint density at radius 2 is 2.12 bits per heavy atom. The molecule has 0 bridgehead atoms. The van der Waals surface area contributed by atoms with Crippen molar-refractivity contribution in [2.45, 2.75) is 19.8 Å². The van der Waals surface area contributed by atoms with Gasteiger partial charge in [0.15, 0.2) is 5.17 Å². The molecule has 1 unspecified atom stereocenters. The fourth-order valence-electron chi connectivity index (χ4n) is 1.45. The molecule has 0 radical (unpaired) electrons. The van der Waals surface area contributed by atoms with E-state index < -0.39 is 5.92 Å². The maximum atomic E-state index is 11.7. The summed E-state index contributed by atoms with van der Waals surface area (Å²) in [5, 5.41) is 3.13. The molecule has 1 aliphatic heterocycles. The summed E-state index contributed by atoms with van der Waals surface area (Å²) in [5.74, 6) is -0.293. The second-order valence-electron chi connectivity index (χ2n) is 4.24. The molecule has 0 aromatic heterocycles. The first-order valence-corrected chi connectivity index (χ1v) is 6.74. The summed E-state index contributed by atoms with van der Waals surface area (Å²) in [6, 6.07) is 0. The van der Waals surface area contributed by atoms with Crippen LogP contribution in [0.3, 0.4) is 0 Å². The summed E-state index contributed by atoms with van der Waals surface area (Å²) in [6.45, 7) is 2.83. The molecular formula is C11H19N3O2S. The lowest BCUT2D eigenvalue weighted by atomic mass is 10.0. The lowest BCUT2D eigenvalue weighted by Crippen LogP contribution is -2.42. The second-order valence-corrected chi connectivity index (χ2v) is 5.32. The number of thioether (sulfide) groups is 1. The molecule has 0 aliphatic carbocycles. The zero-order chi connectivity index (χ0) is 12.8. The van der Waals surface area contributed by atoms with Gasteiger partial charge in [-0.15, -0.1) is 0 Å². The number of nitrogens with zero attached hydrogens (tertiary/aromatic N) is 2. The van der Waals surface area contributed by atoms with Gasteiger partial charge in [0, 0.05) is 12.3 Å². The van der Waals surface area contributed by atoms with E-state index in [9.17, 15) is 9.59 Å². The highest BCUT2D eigenvalue weighted by Crippen LogP contribution is 2.15. The minimum atomic E-state index is -0.585. The van der Waals surface area contributed by atoms with Crippen LogP contribution in [0.4, 0.5) is 0 Å². The van der Waals surface area contributed by atoms with E-state index >= 15 is 0 Å². The molecule has 0 fully saturated rings. The molecule has 0 aromatic carbocycles. The minimum absolute atomic E-state index is 0.209. The van der Waals surface area contributed by atoms with Gasteiger partial charge in [0.05, 0.1) is 0 Å². The number of hydrogen-bond acceptors (Lipinski definition) is 4. The van der Waals surface area contributed by atoms with Gasteiger partial charge in [-0.05, 0) is 20.5 Å². The molecule has 1 rings (SSSR count). The van der Waals surface area contributed by atoms with Crippen LogP contribution < -0.4 is 5.32 Å². The average Bonchev–Trinajstić information content (AvgIpc) is 2.23. The fourth-order valence-corrected chi connectivity index (χ4v) is 2.42. The van der Waals surface area contributed by atoms with Crippen molar-refractivity contribution in [3.8, 4) is 0 Å². The Bertz CT molecular complexity index is 329. The fraction of sp³-hybridized carbons (Fsp3) is 0.727. The van der Waals surface area contributed by atoms with Crippen molar-refractivity contribution < 1.29 is 9.59 Å². The van der Waals surface area contributed by atoms with E-state index in [1.807, 2.05) is 25.9 Å². The Hall–Kier alpha value is -0.880. The van der Waals surface area contributed by atoms with Gasteiger partial charge in [0.25, 0.3) is 5.91 Å². The summed E-state index contributed by atoms with van der Waals surface area (Å²) >= 11 is 1.41.